The topological polar surface area (TPSA) is 90.9 Å². The van der Waals surface area contributed by atoms with Crippen molar-refractivity contribution in [3.63, 3.8) is 0 Å². The number of benzene rings is 2. The van der Waals surface area contributed by atoms with Crippen LogP contribution >= 0.6 is 0 Å². The molecule has 1 aliphatic rings. The zero-order valence-corrected chi connectivity index (χ0v) is 16.8. The molecule has 0 saturated heterocycles. The van der Waals surface area contributed by atoms with Gasteiger partial charge in [-0.05, 0) is 44.0 Å². The van der Waals surface area contributed by atoms with Crippen molar-refractivity contribution in [2.45, 2.75) is 33.6 Å². The zero-order chi connectivity index (χ0) is 21.0. The van der Waals surface area contributed by atoms with Crippen molar-refractivity contribution in [3.8, 4) is 0 Å². The molecule has 0 spiro atoms. The SMILES string of the molecule is Cc1cc(C)c(NC(=O)CNC(=O)C2=NN(c3ccccc3)C(=O)CC2)c(C)c1. The summed E-state index contributed by atoms with van der Waals surface area (Å²) in [6, 6.07) is 12.9. The highest BCUT2D eigenvalue weighted by Crippen LogP contribution is 2.22. The molecule has 0 saturated carbocycles. The molecule has 0 aliphatic carbocycles. The number of hydrogen-bond acceptors (Lipinski definition) is 4. The van der Waals surface area contributed by atoms with Crippen molar-refractivity contribution >= 4 is 34.8 Å². The molecule has 7 heteroatoms. The summed E-state index contributed by atoms with van der Waals surface area (Å²) < 4.78 is 0. The van der Waals surface area contributed by atoms with E-state index in [1.54, 1.807) is 24.3 Å². The lowest BCUT2D eigenvalue weighted by Gasteiger charge is -2.23. The van der Waals surface area contributed by atoms with E-state index in [-0.39, 0.29) is 36.9 Å². The molecule has 3 rings (SSSR count). The summed E-state index contributed by atoms with van der Waals surface area (Å²) in [4.78, 5) is 36.9. The monoisotopic (exact) mass is 392 g/mol. The van der Waals surface area contributed by atoms with E-state index >= 15 is 0 Å². The van der Waals surface area contributed by atoms with E-state index in [1.807, 2.05) is 39.0 Å². The second-order valence-corrected chi connectivity index (χ2v) is 7.09. The Balaban J connectivity index is 1.63. The van der Waals surface area contributed by atoms with Crippen LogP contribution < -0.4 is 15.6 Å². The number of para-hydroxylation sites is 1. The van der Waals surface area contributed by atoms with Gasteiger partial charge in [0, 0.05) is 18.5 Å². The molecule has 7 nitrogen and oxygen atoms in total. The minimum absolute atomic E-state index is 0.171. The van der Waals surface area contributed by atoms with E-state index in [0.717, 1.165) is 22.4 Å². The average Bonchev–Trinajstić information content (AvgIpc) is 2.70. The van der Waals surface area contributed by atoms with Gasteiger partial charge in [0.25, 0.3) is 5.91 Å². The maximum absolute atomic E-state index is 12.5. The number of nitrogens with zero attached hydrogens (tertiary/aromatic N) is 2. The highest BCUT2D eigenvalue weighted by atomic mass is 16.2. The second kappa shape index (κ2) is 8.68. The third-order valence-electron chi connectivity index (χ3n) is 4.65. The lowest BCUT2D eigenvalue weighted by molar-refractivity contribution is -0.120. The van der Waals surface area contributed by atoms with E-state index in [1.165, 1.54) is 5.01 Å². The first kappa shape index (κ1) is 20.3. The Morgan fingerprint density at radius 1 is 1.03 bits per heavy atom. The summed E-state index contributed by atoms with van der Waals surface area (Å²) in [5.74, 6) is -0.942. The number of rotatable bonds is 5. The third kappa shape index (κ3) is 4.87. The van der Waals surface area contributed by atoms with Crippen LogP contribution in [0.3, 0.4) is 0 Å². The molecule has 0 fully saturated rings. The molecule has 2 N–H and O–H groups in total. The Kier molecular flexibility index (Phi) is 6.07. The summed E-state index contributed by atoms with van der Waals surface area (Å²) in [6.07, 6.45) is 0.431. The van der Waals surface area contributed by atoms with Gasteiger partial charge in [-0.15, -0.1) is 0 Å². The van der Waals surface area contributed by atoms with E-state index in [2.05, 4.69) is 15.7 Å². The Hall–Kier alpha value is -3.48. The van der Waals surface area contributed by atoms with Gasteiger partial charge in [-0.1, -0.05) is 35.9 Å². The fraction of sp³-hybridized carbons (Fsp3) is 0.273. The number of amides is 3. The van der Waals surface area contributed by atoms with Gasteiger partial charge in [0.05, 0.1) is 12.2 Å². The van der Waals surface area contributed by atoms with Gasteiger partial charge in [-0.25, -0.2) is 5.01 Å². The van der Waals surface area contributed by atoms with Gasteiger partial charge in [0.2, 0.25) is 11.8 Å². The van der Waals surface area contributed by atoms with Gasteiger partial charge < -0.3 is 10.6 Å². The van der Waals surface area contributed by atoms with Gasteiger partial charge >= 0.3 is 0 Å². The zero-order valence-electron chi connectivity index (χ0n) is 16.8. The minimum atomic E-state index is -0.453. The molecule has 1 heterocycles. The molecule has 2 aromatic carbocycles. The van der Waals surface area contributed by atoms with Crippen LogP contribution in [-0.4, -0.2) is 30.0 Å². The number of carbonyl (C=O) groups is 3. The van der Waals surface area contributed by atoms with E-state index in [9.17, 15) is 14.4 Å². The van der Waals surface area contributed by atoms with Crippen molar-refractivity contribution in [1.82, 2.24) is 5.32 Å². The normalized spacial score (nSPS) is 13.7. The standard InChI is InChI=1S/C22H24N4O3/c1-14-11-15(2)21(16(3)12-14)24-19(27)13-23-22(29)18-9-10-20(28)26(25-18)17-7-5-4-6-8-17/h4-8,11-12H,9-10,13H2,1-3H3,(H,23,29)(H,24,27). The number of nitrogens with one attached hydrogen (secondary N) is 2. The van der Waals surface area contributed by atoms with Crippen LogP contribution in [0, 0.1) is 20.8 Å². The number of anilines is 2. The average molecular weight is 392 g/mol. The molecule has 0 aromatic heterocycles. The Labute approximate surface area is 169 Å². The Bertz CT molecular complexity index is 960. The third-order valence-corrected chi connectivity index (χ3v) is 4.65. The Morgan fingerprint density at radius 2 is 1.69 bits per heavy atom. The number of hydrogen-bond donors (Lipinski definition) is 2. The molecule has 150 valence electrons. The van der Waals surface area contributed by atoms with Crippen LogP contribution in [0.1, 0.15) is 29.5 Å². The quantitative estimate of drug-likeness (QED) is 0.820. The molecule has 29 heavy (non-hydrogen) atoms. The summed E-state index contributed by atoms with van der Waals surface area (Å²) in [5, 5.41) is 10.9. The first-order valence-corrected chi connectivity index (χ1v) is 9.46. The Morgan fingerprint density at radius 3 is 2.34 bits per heavy atom. The fourth-order valence-electron chi connectivity index (χ4n) is 3.31. The van der Waals surface area contributed by atoms with Gasteiger partial charge in [-0.3, -0.25) is 14.4 Å². The second-order valence-electron chi connectivity index (χ2n) is 7.09. The van der Waals surface area contributed by atoms with Crippen LogP contribution in [0.15, 0.2) is 47.6 Å². The fourth-order valence-corrected chi connectivity index (χ4v) is 3.31. The lowest BCUT2D eigenvalue weighted by Crippen LogP contribution is -2.41. The summed E-state index contributed by atoms with van der Waals surface area (Å²) in [6.45, 7) is 5.68. The molecule has 2 aromatic rings. The molecular weight excluding hydrogens is 368 g/mol. The molecule has 0 bridgehead atoms. The van der Waals surface area contributed by atoms with Crippen LogP contribution in [0.4, 0.5) is 11.4 Å². The van der Waals surface area contributed by atoms with Crippen molar-refractivity contribution < 1.29 is 14.4 Å². The summed E-state index contributed by atoms with van der Waals surface area (Å²) in [5.41, 5.74) is 4.64. The predicted molar refractivity (Wildman–Crippen MR) is 113 cm³/mol. The van der Waals surface area contributed by atoms with Gasteiger partial charge in [0.15, 0.2) is 0 Å². The van der Waals surface area contributed by atoms with Crippen LogP contribution in [0.2, 0.25) is 0 Å². The molecule has 1 aliphatic heterocycles. The smallest absolute Gasteiger partial charge is 0.267 e. The highest BCUT2D eigenvalue weighted by Gasteiger charge is 2.25. The molecule has 0 radical (unpaired) electrons. The van der Waals surface area contributed by atoms with Gasteiger partial charge in [-0.2, -0.15) is 5.10 Å². The van der Waals surface area contributed by atoms with Crippen LogP contribution in [0.25, 0.3) is 0 Å². The molecular formula is C22H24N4O3. The largest absolute Gasteiger partial charge is 0.342 e. The predicted octanol–water partition coefficient (Wildman–Crippen LogP) is 2.85. The number of aryl methyl sites for hydroxylation is 3. The van der Waals surface area contributed by atoms with Crippen LogP contribution in [-0.2, 0) is 14.4 Å². The first-order valence-electron chi connectivity index (χ1n) is 9.46. The minimum Gasteiger partial charge on any atom is -0.342 e. The van der Waals surface area contributed by atoms with Crippen molar-refractivity contribution in [1.29, 1.82) is 0 Å². The van der Waals surface area contributed by atoms with Crippen molar-refractivity contribution in [3.05, 3.63) is 59.2 Å². The summed E-state index contributed by atoms with van der Waals surface area (Å²) >= 11 is 0. The number of carbonyl (C=O) groups excluding carboxylic acids is 3. The maximum Gasteiger partial charge on any atom is 0.267 e. The van der Waals surface area contributed by atoms with E-state index in [0.29, 0.717) is 5.69 Å². The van der Waals surface area contributed by atoms with Crippen molar-refractivity contribution in [2.75, 3.05) is 16.9 Å². The van der Waals surface area contributed by atoms with Gasteiger partial charge in [0.1, 0.15) is 5.71 Å². The number of hydrazone groups is 1. The highest BCUT2D eigenvalue weighted by molar-refractivity contribution is 6.40. The molecule has 3 amide bonds. The maximum atomic E-state index is 12.5. The molecule has 0 atom stereocenters. The van der Waals surface area contributed by atoms with Crippen molar-refractivity contribution in [2.24, 2.45) is 5.10 Å². The lowest BCUT2D eigenvalue weighted by atomic mass is 10.1. The van der Waals surface area contributed by atoms with E-state index < -0.39 is 5.91 Å². The van der Waals surface area contributed by atoms with E-state index in [4.69, 9.17) is 0 Å². The molecule has 0 unspecified atom stereocenters. The van der Waals surface area contributed by atoms with Crippen LogP contribution in [0.5, 0.6) is 0 Å². The first-order chi connectivity index (χ1) is 13.8. The summed E-state index contributed by atoms with van der Waals surface area (Å²) in [7, 11) is 0.